The van der Waals surface area contributed by atoms with Gasteiger partial charge in [0.2, 0.25) is 0 Å². The average Bonchev–Trinajstić information content (AvgIpc) is 1.90. The Bertz CT molecular complexity index is 106. The molecule has 0 bridgehead atoms. The maximum Gasteiger partial charge on any atom is 0.0224 e. The lowest BCUT2D eigenvalue weighted by atomic mass is 10.0. The normalized spacial score (nSPS) is 38.2. The summed E-state index contributed by atoms with van der Waals surface area (Å²) in [5.41, 5.74) is 11.4. The maximum absolute atomic E-state index is 5.72. The molecule has 0 fully saturated rings. The van der Waals surface area contributed by atoms with Gasteiger partial charge in [-0.1, -0.05) is 25.0 Å². The molecule has 0 radical (unpaired) electrons. The van der Waals surface area contributed by atoms with Crippen LogP contribution in [0, 0.1) is 0 Å². The second kappa shape index (κ2) is 3.74. The minimum atomic E-state index is 0.242. The summed E-state index contributed by atoms with van der Waals surface area (Å²) in [5.74, 6) is 0. The third-order valence-electron chi connectivity index (χ3n) is 1.93. The molecule has 0 aliphatic heterocycles. The molecule has 0 saturated carbocycles. The van der Waals surface area contributed by atoms with Gasteiger partial charge in [0.15, 0.2) is 0 Å². The Hall–Kier alpha value is -0.340. The first kappa shape index (κ1) is 7.76. The number of hydrogen-bond acceptors (Lipinski definition) is 2. The van der Waals surface area contributed by atoms with Crippen LogP contribution in [0.15, 0.2) is 12.2 Å². The van der Waals surface area contributed by atoms with Crippen LogP contribution in [0.3, 0.4) is 0 Å². The SMILES string of the molecule is N[C@@H]1/C=C/[C@H](N)CCCC1. The Kier molecular flexibility index (Phi) is 2.90. The highest BCUT2D eigenvalue weighted by Crippen LogP contribution is 2.09. The molecule has 2 heteroatoms. The summed E-state index contributed by atoms with van der Waals surface area (Å²) in [6.45, 7) is 0. The number of nitrogens with two attached hydrogens (primary N) is 2. The first-order chi connectivity index (χ1) is 4.79. The zero-order valence-corrected chi connectivity index (χ0v) is 6.29. The Morgan fingerprint density at radius 2 is 1.30 bits per heavy atom. The molecule has 4 N–H and O–H groups in total. The quantitative estimate of drug-likeness (QED) is 0.488. The van der Waals surface area contributed by atoms with Gasteiger partial charge in [-0.25, -0.2) is 0 Å². The fourth-order valence-corrected chi connectivity index (χ4v) is 1.24. The highest BCUT2D eigenvalue weighted by Gasteiger charge is 2.04. The lowest BCUT2D eigenvalue weighted by Gasteiger charge is -2.13. The smallest absolute Gasteiger partial charge is 0.0224 e. The third kappa shape index (κ3) is 2.50. The van der Waals surface area contributed by atoms with Gasteiger partial charge in [0, 0.05) is 12.1 Å². The molecule has 1 aliphatic rings. The predicted molar refractivity (Wildman–Crippen MR) is 43.6 cm³/mol. The van der Waals surface area contributed by atoms with E-state index in [1.165, 1.54) is 12.8 Å². The minimum Gasteiger partial charge on any atom is -0.324 e. The van der Waals surface area contributed by atoms with Crippen LogP contribution in [0.1, 0.15) is 25.7 Å². The molecule has 0 aromatic rings. The van der Waals surface area contributed by atoms with Crippen LogP contribution in [0.2, 0.25) is 0 Å². The van der Waals surface area contributed by atoms with Crippen molar-refractivity contribution in [3.8, 4) is 0 Å². The maximum atomic E-state index is 5.72. The van der Waals surface area contributed by atoms with Crippen molar-refractivity contribution >= 4 is 0 Å². The standard InChI is InChI=1S/C8H16N2/c9-7-3-1-2-4-8(10)6-5-7/h5-8H,1-4,9-10H2/b6-5+/t7-,8+. The highest BCUT2D eigenvalue weighted by molar-refractivity contribution is 4.98. The highest BCUT2D eigenvalue weighted by atomic mass is 14.6. The van der Waals surface area contributed by atoms with Crippen molar-refractivity contribution in [2.45, 2.75) is 37.8 Å². The first-order valence-electron chi connectivity index (χ1n) is 3.98. The van der Waals surface area contributed by atoms with E-state index in [1.807, 2.05) is 12.2 Å². The van der Waals surface area contributed by atoms with E-state index in [-0.39, 0.29) is 12.1 Å². The molecule has 0 amide bonds. The summed E-state index contributed by atoms with van der Waals surface area (Å²) in [5, 5.41) is 0. The molecule has 0 aromatic carbocycles. The van der Waals surface area contributed by atoms with E-state index in [0.717, 1.165) is 12.8 Å². The summed E-state index contributed by atoms with van der Waals surface area (Å²) in [4.78, 5) is 0. The van der Waals surface area contributed by atoms with Gasteiger partial charge in [-0.2, -0.15) is 0 Å². The van der Waals surface area contributed by atoms with E-state index >= 15 is 0 Å². The van der Waals surface area contributed by atoms with Crippen molar-refractivity contribution in [2.75, 3.05) is 0 Å². The van der Waals surface area contributed by atoms with Crippen molar-refractivity contribution in [3.63, 3.8) is 0 Å². The zero-order chi connectivity index (χ0) is 7.40. The van der Waals surface area contributed by atoms with E-state index in [2.05, 4.69) is 0 Å². The van der Waals surface area contributed by atoms with Crippen molar-refractivity contribution in [1.29, 1.82) is 0 Å². The van der Waals surface area contributed by atoms with Gasteiger partial charge in [-0.05, 0) is 12.8 Å². The Morgan fingerprint density at radius 1 is 0.900 bits per heavy atom. The molecule has 58 valence electrons. The summed E-state index contributed by atoms with van der Waals surface area (Å²) in [7, 11) is 0. The molecule has 2 atom stereocenters. The van der Waals surface area contributed by atoms with E-state index in [9.17, 15) is 0 Å². The Balaban J connectivity index is 2.42. The Labute approximate surface area is 62.3 Å². The second-order valence-electron chi connectivity index (χ2n) is 3.00. The predicted octanol–water partition coefficient (Wildman–Crippen LogP) is 0.771. The van der Waals surface area contributed by atoms with Crippen LogP contribution < -0.4 is 11.5 Å². The van der Waals surface area contributed by atoms with Crippen molar-refractivity contribution < 1.29 is 0 Å². The summed E-state index contributed by atoms with van der Waals surface area (Å²) in [6, 6.07) is 0.484. The molecule has 2 nitrogen and oxygen atoms in total. The zero-order valence-electron chi connectivity index (χ0n) is 6.29. The van der Waals surface area contributed by atoms with Crippen LogP contribution in [0.5, 0.6) is 0 Å². The van der Waals surface area contributed by atoms with Gasteiger partial charge in [0.1, 0.15) is 0 Å². The van der Waals surface area contributed by atoms with Crippen LogP contribution in [-0.4, -0.2) is 12.1 Å². The molecular weight excluding hydrogens is 124 g/mol. The topological polar surface area (TPSA) is 52.0 Å². The van der Waals surface area contributed by atoms with Gasteiger partial charge >= 0.3 is 0 Å². The monoisotopic (exact) mass is 140 g/mol. The van der Waals surface area contributed by atoms with Gasteiger partial charge < -0.3 is 11.5 Å². The van der Waals surface area contributed by atoms with Crippen LogP contribution in [0.25, 0.3) is 0 Å². The van der Waals surface area contributed by atoms with Gasteiger partial charge in [-0.15, -0.1) is 0 Å². The molecule has 0 aromatic heterocycles. The number of rotatable bonds is 0. The van der Waals surface area contributed by atoms with E-state index in [1.54, 1.807) is 0 Å². The van der Waals surface area contributed by atoms with Crippen LogP contribution in [-0.2, 0) is 0 Å². The van der Waals surface area contributed by atoms with E-state index < -0.39 is 0 Å². The van der Waals surface area contributed by atoms with Gasteiger partial charge in [0.05, 0.1) is 0 Å². The molecule has 1 aliphatic carbocycles. The van der Waals surface area contributed by atoms with Crippen molar-refractivity contribution in [1.82, 2.24) is 0 Å². The number of hydrogen-bond donors (Lipinski definition) is 2. The van der Waals surface area contributed by atoms with Crippen LogP contribution in [0.4, 0.5) is 0 Å². The lowest BCUT2D eigenvalue weighted by Crippen LogP contribution is -2.23. The lowest BCUT2D eigenvalue weighted by molar-refractivity contribution is 0.562. The molecular formula is C8H16N2. The van der Waals surface area contributed by atoms with E-state index in [4.69, 9.17) is 11.5 Å². The summed E-state index contributed by atoms with van der Waals surface area (Å²) in [6.07, 6.45) is 8.73. The molecule has 0 unspecified atom stereocenters. The molecule has 0 heterocycles. The third-order valence-corrected chi connectivity index (χ3v) is 1.93. The largest absolute Gasteiger partial charge is 0.324 e. The molecule has 1 rings (SSSR count). The van der Waals surface area contributed by atoms with Crippen molar-refractivity contribution in [2.24, 2.45) is 11.5 Å². The second-order valence-corrected chi connectivity index (χ2v) is 3.00. The van der Waals surface area contributed by atoms with Gasteiger partial charge in [0.25, 0.3) is 0 Å². The van der Waals surface area contributed by atoms with Crippen LogP contribution >= 0.6 is 0 Å². The van der Waals surface area contributed by atoms with Gasteiger partial charge in [-0.3, -0.25) is 0 Å². The van der Waals surface area contributed by atoms with E-state index in [0.29, 0.717) is 0 Å². The van der Waals surface area contributed by atoms with Crippen molar-refractivity contribution in [3.05, 3.63) is 12.2 Å². The molecule has 0 spiro atoms. The summed E-state index contributed by atoms with van der Waals surface area (Å²) < 4.78 is 0. The molecule has 0 saturated heterocycles. The fourth-order valence-electron chi connectivity index (χ4n) is 1.24. The minimum absolute atomic E-state index is 0.242. The Morgan fingerprint density at radius 3 is 1.70 bits per heavy atom. The summed E-state index contributed by atoms with van der Waals surface area (Å²) >= 11 is 0. The molecule has 10 heavy (non-hydrogen) atoms. The average molecular weight is 140 g/mol. The fraction of sp³-hybridized carbons (Fsp3) is 0.750. The first-order valence-corrected chi connectivity index (χ1v) is 3.98.